The predicted octanol–water partition coefficient (Wildman–Crippen LogP) is 2.12. The van der Waals surface area contributed by atoms with E-state index < -0.39 is 11.5 Å². The maximum Gasteiger partial charge on any atom is 0.329 e. The van der Waals surface area contributed by atoms with E-state index in [4.69, 9.17) is 4.74 Å². The Bertz CT molecular complexity index is 540. The second-order valence-corrected chi connectivity index (χ2v) is 5.84. The summed E-state index contributed by atoms with van der Waals surface area (Å²) < 4.78 is 6.05. The summed E-state index contributed by atoms with van der Waals surface area (Å²) >= 11 is 3.34. The molecular weight excluding hydrogens is 326 g/mol. The first-order chi connectivity index (χ1) is 9.47. The number of hydrogen-bond acceptors (Lipinski definition) is 3. The van der Waals surface area contributed by atoms with Crippen LogP contribution in [0.5, 0.6) is 5.75 Å². The van der Waals surface area contributed by atoms with Gasteiger partial charge in [0.15, 0.2) is 0 Å². The van der Waals surface area contributed by atoms with Gasteiger partial charge < -0.3 is 15.2 Å². The van der Waals surface area contributed by atoms with Crippen molar-refractivity contribution >= 4 is 27.8 Å². The molecule has 0 aliphatic heterocycles. The first-order valence-electron chi connectivity index (χ1n) is 6.34. The lowest BCUT2D eigenvalue weighted by Gasteiger charge is -2.38. The second-order valence-electron chi connectivity index (χ2n) is 4.92. The highest BCUT2D eigenvalue weighted by molar-refractivity contribution is 9.10. The lowest BCUT2D eigenvalue weighted by Crippen LogP contribution is -2.59. The standard InChI is InChI=1S/C14H16BrNO4/c1-20-11-4-3-10(15)7-9(11)8-12(17)16-14(13(18)19)5-2-6-14/h3-4,7H,2,5-6,8H2,1H3,(H,16,17)(H,18,19). The van der Waals surface area contributed by atoms with Crippen molar-refractivity contribution in [1.29, 1.82) is 0 Å². The molecule has 1 aliphatic rings. The number of carboxylic acid groups (broad SMARTS) is 1. The van der Waals surface area contributed by atoms with Gasteiger partial charge in [0.2, 0.25) is 5.91 Å². The van der Waals surface area contributed by atoms with Crippen molar-refractivity contribution in [2.24, 2.45) is 0 Å². The number of hydrogen-bond donors (Lipinski definition) is 2. The fourth-order valence-corrected chi connectivity index (χ4v) is 2.70. The monoisotopic (exact) mass is 341 g/mol. The molecular formula is C14H16BrNO4. The van der Waals surface area contributed by atoms with Crippen molar-refractivity contribution in [3.63, 3.8) is 0 Å². The van der Waals surface area contributed by atoms with Gasteiger partial charge in [-0.15, -0.1) is 0 Å². The number of rotatable bonds is 5. The smallest absolute Gasteiger partial charge is 0.329 e. The first kappa shape index (κ1) is 14.8. The maximum atomic E-state index is 12.1. The molecule has 1 fully saturated rings. The van der Waals surface area contributed by atoms with E-state index in [0.29, 0.717) is 18.6 Å². The van der Waals surface area contributed by atoms with Crippen LogP contribution in [0.3, 0.4) is 0 Å². The number of benzene rings is 1. The summed E-state index contributed by atoms with van der Waals surface area (Å²) in [6.45, 7) is 0. The van der Waals surface area contributed by atoms with E-state index in [1.165, 1.54) is 7.11 Å². The molecule has 6 heteroatoms. The molecule has 108 valence electrons. The molecule has 1 aliphatic carbocycles. The summed E-state index contributed by atoms with van der Waals surface area (Å²) in [6.07, 6.45) is 1.90. The van der Waals surface area contributed by atoms with Gasteiger partial charge >= 0.3 is 5.97 Å². The van der Waals surface area contributed by atoms with Crippen LogP contribution in [0.25, 0.3) is 0 Å². The van der Waals surface area contributed by atoms with Gasteiger partial charge in [-0.3, -0.25) is 4.79 Å². The van der Waals surface area contributed by atoms with Crippen LogP contribution in [0.2, 0.25) is 0 Å². The lowest BCUT2D eigenvalue weighted by atomic mass is 9.76. The molecule has 0 unspecified atom stereocenters. The molecule has 0 heterocycles. The van der Waals surface area contributed by atoms with Crippen LogP contribution in [0.15, 0.2) is 22.7 Å². The van der Waals surface area contributed by atoms with Gasteiger partial charge in [-0.25, -0.2) is 4.79 Å². The van der Waals surface area contributed by atoms with Gasteiger partial charge in [0, 0.05) is 10.0 Å². The number of halogens is 1. The zero-order valence-electron chi connectivity index (χ0n) is 11.1. The normalized spacial score (nSPS) is 16.1. The number of methoxy groups -OCH3 is 1. The fourth-order valence-electron chi connectivity index (χ4n) is 2.29. The quantitative estimate of drug-likeness (QED) is 0.860. The first-order valence-corrected chi connectivity index (χ1v) is 7.13. The Balaban J connectivity index is 2.08. The third-order valence-electron chi connectivity index (χ3n) is 3.59. The van der Waals surface area contributed by atoms with Crippen LogP contribution >= 0.6 is 15.9 Å². The molecule has 0 radical (unpaired) electrons. The van der Waals surface area contributed by atoms with E-state index in [-0.39, 0.29) is 12.3 Å². The molecule has 0 aromatic heterocycles. The Labute approximate surface area is 125 Å². The Morgan fingerprint density at radius 3 is 2.65 bits per heavy atom. The number of carboxylic acids is 1. The van der Waals surface area contributed by atoms with E-state index in [0.717, 1.165) is 16.5 Å². The molecule has 5 nitrogen and oxygen atoms in total. The summed E-state index contributed by atoms with van der Waals surface area (Å²) in [7, 11) is 1.54. The van der Waals surface area contributed by atoms with Crippen molar-refractivity contribution in [2.75, 3.05) is 7.11 Å². The maximum absolute atomic E-state index is 12.1. The third-order valence-corrected chi connectivity index (χ3v) is 4.08. The minimum Gasteiger partial charge on any atom is -0.496 e. The molecule has 2 N–H and O–H groups in total. The Morgan fingerprint density at radius 1 is 1.45 bits per heavy atom. The summed E-state index contributed by atoms with van der Waals surface area (Å²) in [5.41, 5.74) is -0.352. The summed E-state index contributed by atoms with van der Waals surface area (Å²) in [5.74, 6) is -0.650. The SMILES string of the molecule is COc1ccc(Br)cc1CC(=O)NC1(C(=O)O)CCC1. The fraction of sp³-hybridized carbons (Fsp3) is 0.429. The van der Waals surface area contributed by atoms with E-state index in [9.17, 15) is 14.7 Å². The van der Waals surface area contributed by atoms with Crippen LogP contribution in [0.4, 0.5) is 0 Å². The van der Waals surface area contributed by atoms with Crippen molar-refractivity contribution in [1.82, 2.24) is 5.32 Å². The van der Waals surface area contributed by atoms with Crippen LogP contribution in [0, 0.1) is 0 Å². The van der Waals surface area contributed by atoms with Crippen LogP contribution in [-0.2, 0) is 16.0 Å². The van der Waals surface area contributed by atoms with E-state index in [1.807, 2.05) is 6.07 Å². The summed E-state index contributed by atoms with van der Waals surface area (Å²) in [4.78, 5) is 23.3. The summed E-state index contributed by atoms with van der Waals surface area (Å²) in [6, 6.07) is 5.39. The minimum atomic E-state index is -1.07. The molecule has 0 atom stereocenters. The molecule has 0 spiro atoms. The lowest BCUT2D eigenvalue weighted by molar-refractivity contribution is -0.151. The van der Waals surface area contributed by atoms with Gasteiger partial charge in [0.1, 0.15) is 11.3 Å². The predicted molar refractivity (Wildman–Crippen MR) is 76.8 cm³/mol. The summed E-state index contributed by atoms with van der Waals surface area (Å²) in [5, 5.41) is 11.8. The highest BCUT2D eigenvalue weighted by Crippen LogP contribution is 2.32. The number of ether oxygens (including phenoxy) is 1. The second kappa shape index (κ2) is 5.83. The molecule has 20 heavy (non-hydrogen) atoms. The molecule has 0 saturated heterocycles. The molecule has 1 saturated carbocycles. The van der Waals surface area contributed by atoms with Crippen LogP contribution in [0.1, 0.15) is 24.8 Å². The number of carbonyl (C=O) groups is 2. The zero-order chi connectivity index (χ0) is 14.8. The zero-order valence-corrected chi connectivity index (χ0v) is 12.7. The molecule has 1 aromatic carbocycles. The van der Waals surface area contributed by atoms with E-state index in [2.05, 4.69) is 21.2 Å². The average molecular weight is 342 g/mol. The Hall–Kier alpha value is -1.56. The Kier molecular flexibility index (Phi) is 4.32. The number of nitrogens with one attached hydrogen (secondary N) is 1. The minimum absolute atomic E-state index is 0.0949. The van der Waals surface area contributed by atoms with Gasteiger partial charge in [0.25, 0.3) is 0 Å². The van der Waals surface area contributed by atoms with E-state index >= 15 is 0 Å². The molecule has 1 aromatic rings. The van der Waals surface area contributed by atoms with Crippen molar-refractivity contribution in [3.05, 3.63) is 28.2 Å². The van der Waals surface area contributed by atoms with Crippen LogP contribution < -0.4 is 10.1 Å². The molecule has 2 rings (SSSR count). The Morgan fingerprint density at radius 2 is 2.15 bits per heavy atom. The molecule has 1 amide bonds. The number of carbonyl (C=O) groups excluding carboxylic acids is 1. The van der Waals surface area contributed by atoms with Gasteiger partial charge in [-0.05, 0) is 37.5 Å². The topological polar surface area (TPSA) is 75.6 Å². The highest BCUT2D eigenvalue weighted by atomic mass is 79.9. The number of aliphatic carboxylic acids is 1. The van der Waals surface area contributed by atoms with Crippen molar-refractivity contribution in [2.45, 2.75) is 31.2 Å². The van der Waals surface area contributed by atoms with Gasteiger partial charge in [-0.1, -0.05) is 15.9 Å². The van der Waals surface area contributed by atoms with Gasteiger partial charge in [-0.2, -0.15) is 0 Å². The van der Waals surface area contributed by atoms with Crippen LogP contribution in [-0.4, -0.2) is 29.6 Å². The van der Waals surface area contributed by atoms with Crippen molar-refractivity contribution in [3.8, 4) is 5.75 Å². The third kappa shape index (κ3) is 2.95. The number of amides is 1. The van der Waals surface area contributed by atoms with E-state index in [1.54, 1.807) is 12.1 Å². The average Bonchev–Trinajstić information content (AvgIpc) is 2.33. The molecule has 0 bridgehead atoms. The highest BCUT2D eigenvalue weighted by Gasteiger charge is 2.45. The van der Waals surface area contributed by atoms with Gasteiger partial charge in [0.05, 0.1) is 13.5 Å². The van der Waals surface area contributed by atoms with Crippen molar-refractivity contribution < 1.29 is 19.4 Å². The largest absolute Gasteiger partial charge is 0.496 e.